The largest absolute Gasteiger partial charge is 0.351 e. The highest BCUT2D eigenvalue weighted by molar-refractivity contribution is 7.08. The predicted molar refractivity (Wildman–Crippen MR) is 101 cm³/mol. The zero-order valence-corrected chi connectivity index (χ0v) is 15.8. The maximum atomic E-state index is 12.6. The van der Waals surface area contributed by atoms with Crippen LogP contribution in [0, 0.1) is 0 Å². The first kappa shape index (κ1) is 18.2. The van der Waals surface area contributed by atoms with Crippen molar-refractivity contribution in [1.82, 2.24) is 10.2 Å². The van der Waals surface area contributed by atoms with Crippen LogP contribution in [0.15, 0.2) is 35.0 Å². The first-order valence-corrected chi connectivity index (χ1v) is 9.81. The van der Waals surface area contributed by atoms with Crippen molar-refractivity contribution in [3.63, 3.8) is 0 Å². The van der Waals surface area contributed by atoms with Gasteiger partial charge < -0.3 is 10.2 Å². The Morgan fingerprint density at radius 1 is 1.24 bits per heavy atom. The van der Waals surface area contributed by atoms with Crippen molar-refractivity contribution >= 4 is 46.4 Å². The fourth-order valence-corrected chi connectivity index (χ4v) is 4.00. The number of carbonyl (C=O) groups excluding carboxylic acids is 2. The highest BCUT2D eigenvalue weighted by Gasteiger charge is 2.29. The number of thiophene rings is 1. The number of carbonyl (C=O) groups is 2. The molecule has 0 aliphatic carbocycles. The summed E-state index contributed by atoms with van der Waals surface area (Å²) in [5.74, 6) is -0.101. The van der Waals surface area contributed by atoms with E-state index in [1.807, 2.05) is 22.4 Å². The smallest absolute Gasteiger partial charge is 0.252 e. The van der Waals surface area contributed by atoms with Gasteiger partial charge in [-0.1, -0.05) is 29.3 Å². The second-order valence-corrected chi connectivity index (χ2v) is 7.53. The van der Waals surface area contributed by atoms with E-state index < -0.39 is 0 Å². The van der Waals surface area contributed by atoms with Crippen molar-refractivity contribution in [1.29, 1.82) is 0 Å². The summed E-state index contributed by atoms with van der Waals surface area (Å²) in [5, 5.41) is 7.45. The second-order valence-electron chi connectivity index (χ2n) is 5.94. The minimum absolute atomic E-state index is 0.0230. The van der Waals surface area contributed by atoms with Gasteiger partial charge in [-0.3, -0.25) is 9.59 Å². The minimum atomic E-state index is -0.142. The fourth-order valence-electron chi connectivity index (χ4n) is 3.05. The SMILES string of the molecule is O=C(NCCC(=O)N1CCCC1c1ccc(Cl)c(Cl)c1)c1ccsc1. The molecular weight excluding hydrogens is 379 g/mol. The van der Waals surface area contributed by atoms with Crippen molar-refractivity contribution in [3.8, 4) is 0 Å². The molecule has 1 atom stereocenters. The molecule has 0 saturated carbocycles. The minimum Gasteiger partial charge on any atom is -0.351 e. The number of nitrogens with one attached hydrogen (secondary N) is 1. The molecule has 1 saturated heterocycles. The van der Waals surface area contributed by atoms with Gasteiger partial charge in [0.2, 0.25) is 5.91 Å². The molecule has 2 amide bonds. The number of hydrogen-bond acceptors (Lipinski definition) is 3. The summed E-state index contributed by atoms with van der Waals surface area (Å²) >= 11 is 13.6. The maximum absolute atomic E-state index is 12.6. The summed E-state index contributed by atoms with van der Waals surface area (Å²) in [6, 6.07) is 7.31. The molecule has 7 heteroatoms. The molecule has 1 aliphatic rings. The Morgan fingerprint density at radius 2 is 2.08 bits per heavy atom. The Kier molecular flexibility index (Phi) is 5.99. The zero-order chi connectivity index (χ0) is 17.8. The lowest BCUT2D eigenvalue weighted by Crippen LogP contribution is -2.34. The molecule has 1 aromatic carbocycles. The van der Waals surface area contributed by atoms with E-state index in [0.29, 0.717) is 22.2 Å². The van der Waals surface area contributed by atoms with Crippen molar-refractivity contribution in [2.24, 2.45) is 0 Å². The van der Waals surface area contributed by atoms with Crippen LogP contribution >= 0.6 is 34.5 Å². The Morgan fingerprint density at radius 3 is 2.80 bits per heavy atom. The van der Waals surface area contributed by atoms with Gasteiger partial charge in [0.05, 0.1) is 16.1 Å². The van der Waals surface area contributed by atoms with Gasteiger partial charge in [0.15, 0.2) is 0 Å². The van der Waals surface area contributed by atoms with E-state index in [0.717, 1.165) is 24.9 Å². The maximum Gasteiger partial charge on any atom is 0.252 e. The summed E-state index contributed by atoms with van der Waals surface area (Å²) in [6.45, 7) is 1.06. The van der Waals surface area contributed by atoms with Crippen LogP contribution in [0.3, 0.4) is 0 Å². The van der Waals surface area contributed by atoms with E-state index in [1.165, 1.54) is 11.3 Å². The topological polar surface area (TPSA) is 49.4 Å². The molecule has 1 aromatic heterocycles. The Hall–Kier alpha value is -1.56. The van der Waals surface area contributed by atoms with Gasteiger partial charge in [0, 0.05) is 30.5 Å². The van der Waals surface area contributed by atoms with Crippen LogP contribution in [-0.2, 0) is 4.79 Å². The molecular formula is C18H18Cl2N2O2S. The van der Waals surface area contributed by atoms with Gasteiger partial charge in [-0.25, -0.2) is 0 Å². The molecule has 25 heavy (non-hydrogen) atoms. The van der Waals surface area contributed by atoms with Gasteiger partial charge in [0.1, 0.15) is 0 Å². The van der Waals surface area contributed by atoms with E-state index in [1.54, 1.807) is 17.5 Å². The number of nitrogens with zero attached hydrogens (tertiary/aromatic N) is 1. The Balaban J connectivity index is 1.57. The molecule has 1 N–H and O–H groups in total. The lowest BCUT2D eigenvalue weighted by atomic mass is 10.0. The summed E-state index contributed by atoms with van der Waals surface area (Å²) in [6.07, 6.45) is 2.15. The van der Waals surface area contributed by atoms with Crippen LogP contribution in [0.25, 0.3) is 0 Å². The quantitative estimate of drug-likeness (QED) is 0.806. The molecule has 1 unspecified atom stereocenters. The van der Waals surface area contributed by atoms with Gasteiger partial charge in [-0.2, -0.15) is 11.3 Å². The third-order valence-corrected chi connectivity index (χ3v) is 5.73. The monoisotopic (exact) mass is 396 g/mol. The van der Waals surface area contributed by atoms with E-state index >= 15 is 0 Å². The molecule has 0 radical (unpaired) electrons. The standard InChI is InChI=1S/C18H18Cl2N2O2S/c19-14-4-3-12(10-15(14)20)16-2-1-8-22(16)17(23)5-7-21-18(24)13-6-9-25-11-13/h3-4,6,9-11,16H,1-2,5,7-8H2,(H,21,24). The van der Waals surface area contributed by atoms with E-state index in [2.05, 4.69) is 5.32 Å². The fraction of sp³-hybridized carbons (Fsp3) is 0.333. The van der Waals surface area contributed by atoms with Crippen LogP contribution in [0.2, 0.25) is 10.0 Å². The van der Waals surface area contributed by atoms with Crippen LogP contribution in [0.5, 0.6) is 0 Å². The second kappa shape index (κ2) is 8.21. The molecule has 4 nitrogen and oxygen atoms in total. The molecule has 2 heterocycles. The highest BCUT2D eigenvalue weighted by Crippen LogP contribution is 2.35. The number of rotatable bonds is 5. The van der Waals surface area contributed by atoms with Crippen LogP contribution in [-0.4, -0.2) is 29.8 Å². The number of benzene rings is 1. The number of likely N-dealkylation sites (tertiary alicyclic amines) is 1. The van der Waals surface area contributed by atoms with Crippen LogP contribution < -0.4 is 5.32 Å². The van der Waals surface area contributed by atoms with Crippen LogP contribution in [0.4, 0.5) is 0 Å². The van der Waals surface area contributed by atoms with Gasteiger partial charge >= 0.3 is 0 Å². The average molecular weight is 397 g/mol. The summed E-state index contributed by atoms with van der Waals surface area (Å²) < 4.78 is 0. The first-order valence-electron chi connectivity index (χ1n) is 8.11. The first-order chi connectivity index (χ1) is 12.1. The number of hydrogen-bond donors (Lipinski definition) is 1. The van der Waals surface area contributed by atoms with Gasteiger partial charge in [0.25, 0.3) is 5.91 Å². The molecule has 132 valence electrons. The lowest BCUT2D eigenvalue weighted by molar-refractivity contribution is -0.132. The summed E-state index contributed by atoms with van der Waals surface area (Å²) in [5.41, 5.74) is 1.63. The van der Waals surface area contributed by atoms with E-state index in [4.69, 9.17) is 23.2 Å². The summed E-state index contributed by atoms with van der Waals surface area (Å²) in [4.78, 5) is 26.3. The number of halogens is 2. The lowest BCUT2D eigenvalue weighted by Gasteiger charge is -2.25. The third-order valence-electron chi connectivity index (χ3n) is 4.31. The van der Waals surface area contributed by atoms with E-state index in [-0.39, 0.29) is 24.3 Å². The Labute approximate surface area is 160 Å². The van der Waals surface area contributed by atoms with Crippen molar-refractivity contribution in [2.45, 2.75) is 25.3 Å². The van der Waals surface area contributed by atoms with Gasteiger partial charge in [-0.05, 0) is 42.0 Å². The van der Waals surface area contributed by atoms with Crippen molar-refractivity contribution < 1.29 is 9.59 Å². The molecule has 2 aromatic rings. The van der Waals surface area contributed by atoms with Crippen molar-refractivity contribution in [3.05, 3.63) is 56.2 Å². The molecule has 1 aliphatic heterocycles. The molecule has 3 rings (SSSR count). The predicted octanol–water partition coefficient (Wildman–Crippen LogP) is 4.54. The molecule has 0 bridgehead atoms. The molecule has 0 spiro atoms. The highest BCUT2D eigenvalue weighted by atomic mass is 35.5. The van der Waals surface area contributed by atoms with E-state index in [9.17, 15) is 9.59 Å². The van der Waals surface area contributed by atoms with Gasteiger partial charge in [-0.15, -0.1) is 0 Å². The van der Waals surface area contributed by atoms with Crippen LogP contribution in [0.1, 0.15) is 41.2 Å². The third kappa shape index (κ3) is 4.35. The van der Waals surface area contributed by atoms with Crippen molar-refractivity contribution in [2.75, 3.05) is 13.1 Å². The Bertz CT molecular complexity index is 764. The molecule has 1 fully saturated rings. The normalized spacial score (nSPS) is 16.9. The average Bonchev–Trinajstić information content (AvgIpc) is 3.28. The zero-order valence-electron chi connectivity index (χ0n) is 13.5. The summed E-state index contributed by atoms with van der Waals surface area (Å²) in [7, 11) is 0. The number of amides is 2.